The van der Waals surface area contributed by atoms with Gasteiger partial charge in [-0.1, -0.05) is 0 Å². The van der Waals surface area contributed by atoms with E-state index in [4.69, 9.17) is 11.6 Å². The van der Waals surface area contributed by atoms with Crippen LogP contribution in [0.15, 0.2) is 24.7 Å². The number of nitrogens with zero attached hydrogens (tertiary/aromatic N) is 3. The van der Waals surface area contributed by atoms with Crippen LogP contribution in [0.3, 0.4) is 0 Å². The molecule has 0 saturated carbocycles. The standard InChI is InChI=1S/C8H8ClN5/c9-8-12-2-1-6(14-8)13-5-7-10-3-4-11-7/h1-4H,5H2,(H,10,11)(H,12,13,14). The maximum Gasteiger partial charge on any atom is 0.224 e. The number of H-pyrrole nitrogens is 1. The van der Waals surface area contributed by atoms with E-state index >= 15 is 0 Å². The van der Waals surface area contributed by atoms with Crippen molar-refractivity contribution in [3.05, 3.63) is 35.8 Å². The van der Waals surface area contributed by atoms with Gasteiger partial charge in [0.2, 0.25) is 5.28 Å². The van der Waals surface area contributed by atoms with Crippen LogP contribution in [0.25, 0.3) is 0 Å². The van der Waals surface area contributed by atoms with Gasteiger partial charge in [-0.25, -0.2) is 15.0 Å². The fourth-order valence-electron chi connectivity index (χ4n) is 1.00. The summed E-state index contributed by atoms with van der Waals surface area (Å²) in [5.41, 5.74) is 0. The molecule has 14 heavy (non-hydrogen) atoms. The molecule has 5 nitrogen and oxygen atoms in total. The summed E-state index contributed by atoms with van der Waals surface area (Å²) in [6.07, 6.45) is 5.06. The number of hydrogen-bond donors (Lipinski definition) is 2. The first kappa shape index (κ1) is 8.96. The highest BCUT2D eigenvalue weighted by molar-refractivity contribution is 6.28. The highest BCUT2D eigenvalue weighted by Crippen LogP contribution is 2.06. The van der Waals surface area contributed by atoms with Crippen LogP contribution >= 0.6 is 11.6 Å². The lowest BCUT2D eigenvalue weighted by molar-refractivity contribution is 0.982. The van der Waals surface area contributed by atoms with Gasteiger partial charge in [-0.3, -0.25) is 0 Å². The summed E-state index contributed by atoms with van der Waals surface area (Å²) in [4.78, 5) is 14.8. The average Bonchev–Trinajstić information content (AvgIpc) is 2.67. The van der Waals surface area contributed by atoms with Crippen LogP contribution in [0.2, 0.25) is 5.28 Å². The van der Waals surface area contributed by atoms with E-state index in [9.17, 15) is 0 Å². The minimum atomic E-state index is 0.231. The molecule has 6 heteroatoms. The molecule has 2 aromatic rings. The Hall–Kier alpha value is -1.62. The molecule has 0 saturated heterocycles. The Morgan fingerprint density at radius 1 is 1.36 bits per heavy atom. The zero-order valence-corrected chi connectivity index (χ0v) is 7.99. The molecule has 0 spiro atoms. The Balaban J connectivity index is 1.98. The van der Waals surface area contributed by atoms with Crippen molar-refractivity contribution in [2.75, 3.05) is 5.32 Å². The molecule has 0 amide bonds. The monoisotopic (exact) mass is 209 g/mol. The molecule has 0 aliphatic rings. The van der Waals surface area contributed by atoms with Crippen LogP contribution < -0.4 is 5.32 Å². The second-order valence-electron chi connectivity index (χ2n) is 2.60. The fourth-order valence-corrected chi connectivity index (χ4v) is 1.15. The molecule has 0 aromatic carbocycles. The smallest absolute Gasteiger partial charge is 0.224 e. The summed E-state index contributed by atoms with van der Waals surface area (Å²) >= 11 is 5.62. The van der Waals surface area contributed by atoms with E-state index in [-0.39, 0.29) is 5.28 Å². The number of imidazole rings is 1. The van der Waals surface area contributed by atoms with Crippen molar-refractivity contribution in [1.29, 1.82) is 0 Å². The van der Waals surface area contributed by atoms with Crippen LogP contribution in [-0.2, 0) is 6.54 Å². The Morgan fingerprint density at radius 2 is 2.29 bits per heavy atom. The summed E-state index contributed by atoms with van der Waals surface area (Å²) in [5, 5.41) is 3.29. The average molecular weight is 210 g/mol. The number of hydrogen-bond acceptors (Lipinski definition) is 4. The molecule has 0 unspecified atom stereocenters. The first-order chi connectivity index (χ1) is 6.84. The number of nitrogens with one attached hydrogen (secondary N) is 2. The second kappa shape index (κ2) is 4.06. The zero-order chi connectivity index (χ0) is 9.80. The van der Waals surface area contributed by atoms with Gasteiger partial charge in [0.15, 0.2) is 0 Å². The van der Waals surface area contributed by atoms with Gasteiger partial charge >= 0.3 is 0 Å². The van der Waals surface area contributed by atoms with Gasteiger partial charge in [-0.15, -0.1) is 0 Å². The third-order valence-electron chi connectivity index (χ3n) is 1.62. The minimum absolute atomic E-state index is 0.231. The number of rotatable bonds is 3. The van der Waals surface area contributed by atoms with Gasteiger partial charge in [0.1, 0.15) is 11.6 Å². The first-order valence-electron chi connectivity index (χ1n) is 4.05. The van der Waals surface area contributed by atoms with Crippen LogP contribution in [0.5, 0.6) is 0 Å². The largest absolute Gasteiger partial charge is 0.363 e. The van der Waals surface area contributed by atoms with Crippen LogP contribution in [0.4, 0.5) is 5.82 Å². The lowest BCUT2D eigenvalue weighted by atomic mass is 10.5. The normalized spacial score (nSPS) is 10.1. The van der Waals surface area contributed by atoms with Gasteiger partial charge in [0, 0.05) is 18.6 Å². The van der Waals surface area contributed by atoms with E-state index in [1.807, 2.05) is 0 Å². The Kier molecular flexibility index (Phi) is 2.60. The van der Waals surface area contributed by atoms with E-state index in [1.165, 1.54) is 0 Å². The molecule has 0 fully saturated rings. The van der Waals surface area contributed by atoms with Gasteiger partial charge in [-0.2, -0.15) is 0 Å². The molecule has 0 atom stereocenters. The lowest BCUT2D eigenvalue weighted by Gasteiger charge is -2.02. The first-order valence-corrected chi connectivity index (χ1v) is 4.43. The van der Waals surface area contributed by atoms with Crippen LogP contribution in [0.1, 0.15) is 5.82 Å². The lowest BCUT2D eigenvalue weighted by Crippen LogP contribution is -2.03. The molecule has 0 radical (unpaired) electrons. The molecule has 0 aliphatic heterocycles. The van der Waals surface area contributed by atoms with Crippen molar-refractivity contribution >= 4 is 17.4 Å². The Bertz CT molecular complexity index is 400. The molecule has 0 aliphatic carbocycles. The van der Waals surface area contributed by atoms with E-state index in [1.54, 1.807) is 24.7 Å². The second-order valence-corrected chi connectivity index (χ2v) is 2.94. The molecule has 2 aromatic heterocycles. The predicted molar refractivity (Wildman–Crippen MR) is 53.0 cm³/mol. The number of aromatic nitrogens is 4. The van der Waals surface area contributed by atoms with Crippen molar-refractivity contribution in [1.82, 2.24) is 19.9 Å². The number of aromatic amines is 1. The highest BCUT2D eigenvalue weighted by atomic mass is 35.5. The van der Waals surface area contributed by atoms with E-state index in [2.05, 4.69) is 25.3 Å². The third kappa shape index (κ3) is 2.20. The Morgan fingerprint density at radius 3 is 3.00 bits per heavy atom. The maximum absolute atomic E-state index is 5.62. The van der Waals surface area contributed by atoms with Crippen molar-refractivity contribution in [3.63, 3.8) is 0 Å². The molecule has 72 valence electrons. The summed E-state index contributed by atoms with van der Waals surface area (Å²) < 4.78 is 0. The summed E-state index contributed by atoms with van der Waals surface area (Å²) in [6.45, 7) is 0.584. The van der Waals surface area contributed by atoms with Crippen molar-refractivity contribution in [2.24, 2.45) is 0 Å². The van der Waals surface area contributed by atoms with Gasteiger partial charge in [0.05, 0.1) is 6.54 Å². The van der Waals surface area contributed by atoms with Crippen molar-refractivity contribution in [2.45, 2.75) is 6.54 Å². The summed E-state index contributed by atoms with van der Waals surface area (Å²) in [6, 6.07) is 1.74. The summed E-state index contributed by atoms with van der Waals surface area (Å²) in [7, 11) is 0. The van der Waals surface area contributed by atoms with Gasteiger partial charge in [-0.05, 0) is 17.7 Å². The van der Waals surface area contributed by atoms with Gasteiger partial charge < -0.3 is 10.3 Å². The quantitative estimate of drug-likeness (QED) is 0.752. The predicted octanol–water partition coefficient (Wildman–Crippen LogP) is 1.47. The van der Waals surface area contributed by atoms with Crippen molar-refractivity contribution < 1.29 is 0 Å². The number of anilines is 1. The SMILES string of the molecule is Clc1nccc(NCc2ncc[nH]2)n1. The van der Waals surface area contributed by atoms with Gasteiger partial charge in [0.25, 0.3) is 0 Å². The van der Waals surface area contributed by atoms with E-state index in [0.717, 1.165) is 5.82 Å². The van der Waals surface area contributed by atoms with Crippen molar-refractivity contribution in [3.8, 4) is 0 Å². The molecular weight excluding hydrogens is 202 g/mol. The Labute approximate surface area is 85.6 Å². The molecular formula is C8H8ClN5. The molecule has 0 bridgehead atoms. The van der Waals surface area contributed by atoms with Crippen LogP contribution in [0, 0.1) is 0 Å². The molecule has 2 rings (SSSR count). The number of halogens is 1. The molecule has 2 N–H and O–H groups in total. The molecule has 2 heterocycles. The highest BCUT2D eigenvalue weighted by Gasteiger charge is 1.97. The minimum Gasteiger partial charge on any atom is -0.363 e. The zero-order valence-electron chi connectivity index (χ0n) is 7.24. The fraction of sp³-hybridized carbons (Fsp3) is 0.125. The van der Waals surface area contributed by atoms with Crippen LogP contribution in [-0.4, -0.2) is 19.9 Å². The third-order valence-corrected chi connectivity index (χ3v) is 1.80. The topological polar surface area (TPSA) is 66.5 Å². The van der Waals surface area contributed by atoms with E-state index in [0.29, 0.717) is 12.4 Å². The maximum atomic E-state index is 5.62. The van der Waals surface area contributed by atoms with E-state index < -0.39 is 0 Å². The summed E-state index contributed by atoms with van der Waals surface area (Å²) in [5.74, 6) is 1.53.